The largest absolute Gasteiger partial charge is 0.497 e. The van der Waals surface area contributed by atoms with Gasteiger partial charge in [0.2, 0.25) is 0 Å². The van der Waals surface area contributed by atoms with E-state index in [0.29, 0.717) is 5.69 Å². The van der Waals surface area contributed by atoms with Gasteiger partial charge in [-0.2, -0.15) is 0 Å². The third kappa shape index (κ3) is 2.05. The molecule has 0 amide bonds. The van der Waals surface area contributed by atoms with Crippen LogP contribution in [0.3, 0.4) is 0 Å². The smallest absolute Gasteiger partial charge is 0.187 e. The highest BCUT2D eigenvalue weighted by Crippen LogP contribution is 2.34. The van der Waals surface area contributed by atoms with Crippen LogP contribution in [0.25, 0.3) is 4.85 Å². The monoisotopic (exact) mass is 189 g/mol. The Hall–Kier alpha value is -1.49. The summed E-state index contributed by atoms with van der Waals surface area (Å²) in [6.07, 6.45) is 0. The van der Waals surface area contributed by atoms with Crippen LogP contribution >= 0.6 is 0 Å². The Morgan fingerprint density at radius 2 is 1.93 bits per heavy atom. The van der Waals surface area contributed by atoms with Gasteiger partial charge in [0.1, 0.15) is 5.75 Å². The van der Waals surface area contributed by atoms with Crippen molar-refractivity contribution in [3.8, 4) is 5.75 Å². The lowest BCUT2D eigenvalue weighted by Gasteiger charge is -2.22. The maximum absolute atomic E-state index is 6.96. The van der Waals surface area contributed by atoms with Crippen molar-refractivity contribution in [3.63, 3.8) is 0 Å². The molecule has 0 atom stereocenters. The molecule has 2 nitrogen and oxygen atoms in total. The highest BCUT2D eigenvalue weighted by atomic mass is 16.5. The topological polar surface area (TPSA) is 13.6 Å². The lowest BCUT2D eigenvalue weighted by Crippen LogP contribution is -2.12. The number of hydrogen-bond donors (Lipinski definition) is 0. The molecule has 0 fully saturated rings. The van der Waals surface area contributed by atoms with Crippen LogP contribution in [0.15, 0.2) is 18.2 Å². The van der Waals surface area contributed by atoms with Gasteiger partial charge in [-0.3, -0.25) is 0 Å². The predicted octanol–water partition coefficient (Wildman–Crippen LogP) is 3.54. The molecule has 0 saturated carbocycles. The molecule has 1 rings (SSSR count). The van der Waals surface area contributed by atoms with Gasteiger partial charge in [0.05, 0.1) is 13.7 Å². The fourth-order valence-electron chi connectivity index (χ4n) is 1.35. The van der Waals surface area contributed by atoms with Gasteiger partial charge in [0, 0.05) is 0 Å². The molecule has 2 heteroatoms. The lowest BCUT2D eigenvalue weighted by atomic mass is 9.86. The summed E-state index contributed by atoms with van der Waals surface area (Å²) >= 11 is 0. The van der Waals surface area contributed by atoms with Crippen LogP contribution in [0.1, 0.15) is 26.3 Å². The molecular formula is C12H15NO. The summed E-state index contributed by atoms with van der Waals surface area (Å²) in [7, 11) is 1.65. The van der Waals surface area contributed by atoms with Gasteiger partial charge in [-0.1, -0.05) is 26.8 Å². The van der Waals surface area contributed by atoms with Gasteiger partial charge in [-0.15, -0.1) is 0 Å². The predicted molar refractivity (Wildman–Crippen MR) is 58.0 cm³/mol. The number of ether oxygens (including phenoxy) is 1. The second-order valence-electron chi connectivity index (χ2n) is 4.25. The van der Waals surface area contributed by atoms with Crippen LogP contribution in [0.2, 0.25) is 0 Å². The van der Waals surface area contributed by atoms with Gasteiger partial charge < -0.3 is 4.74 Å². The first kappa shape index (κ1) is 10.6. The Morgan fingerprint density at radius 1 is 1.29 bits per heavy atom. The maximum atomic E-state index is 6.96. The Bertz CT molecular complexity index is 369. The normalized spacial score (nSPS) is 10.8. The first-order valence-corrected chi connectivity index (χ1v) is 4.55. The van der Waals surface area contributed by atoms with E-state index in [0.717, 1.165) is 11.3 Å². The molecule has 0 unspecified atom stereocenters. The highest BCUT2D eigenvalue weighted by molar-refractivity contribution is 5.53. The molecule has 1 aromatic carbocycles. The molecule has 0 aliphatic rings. The van der Waals surface area contributed by atoms with Crippen molar-refractivity contribution in [3.05, 3.63) is 35.2 Å². The molecule has 74 valence electrons. The van der Waals surface area contributed by atoms with Gasteiger partial charge in [-0.25, -0.2) is 4.85 Å². The fourth-order valence-corrected chi connectivity index (χ4v) is 1.35. The van der Waals surface area contributed by atoms with Crippen molar-refractivity contribution in [1.29, 1.82) is 0 Å². The average molecular weight is 189 g/mol. The van der Waals surface area contributed by atoms with Crippen LogP contribution in [-0.2, 0) is 5.41 Å². The van der Waals surface area contributed by atoms with E-state index in [9.17, 15) is 0 Å². The molecule has 0 heterocycles. The highest BCUT2D eigenvalue weighted by Gasteiger charge is 2.18. The van der Waals surface area contributed by atoms with Crippen molar-refractivity contribution in [2.24, 2.45) is 0 Å². The molecule has 1 aromatic rings. The van der Waals surface area contributed by atoms with Crippen LogP contribution in [0.5, 0.6) is 5.75 Å². The van der Waals surface area contributed by atoms with Gasteiger partial charge in [0.25, 0.3) is 0 Å². The average Bonchev–Trinajstić information content (AvgIpc) is 2.15. The lowest BCUT2D eigenvalue weighted by molar-refractivity contribution is 0.398. The van der Waals surface area contributed by atoms with Gasteiger partial charge in [0.15, 0.2) is 5.69 Å². The van der Waals surface area contributed by atoms with Crippen LogP contribution in [0, 0.1) is 6.57 Å². The Labute approximate surface area is 85.3 Å². The number of hydrogen-bond acceptors (Lipinski definition) is 1. The minimum Gasteiger partial charge on any atom is -0.497 e. The molecule has 0 aromatic heterocycles. The standard InChI is InChI=1S/C12H15NO/c1-12(2,3)10-8-9(13-4)6-7-11(10)14-5/h6-8H,1-3,5H3. The van der Waals surface area contributed by atoms with Crippen molar-refractivity contribution < 1.29 is 4.74 Å². The summed E-state index contributed by atoms with van der Waals surface area (Å²) in [5.74, 6) is 0.852. The van der Waals surface area contributed by atoms with E-state index < -0.39 is 0 Å². The van der Waals surface area contributed by atoms with E-state index in [1.807, 2.05) is 12.1 Å². The van der Waals surface area contributed by atoms with Gasteiger partial charge in [-0.05, 0) is 23.1 Å². The molecule has 0 saturated heterocycles. The van der Waals surface area contributed by atoms with Crippen LogP contribution < -0.4 is 4.74 Å². The molecular weight excluding hydrogens is 174 g/mol. The van der Waals surface area contributed by atoms with Gasteiger partial charge >= 0.3 is 0 Å². The van der Waals surface area contributed by atoms with Crippen molar-refractivity contribution in [2.45, 2.75) is 26.2 Å². The molecule has 14 heavy (non-hydrogen) atoms. The zero-order chi connectivity index (χ0) is 10.8. The van der Waals surface area contributed by atoms with E-state index in [1.54, 1.807) is 13.2 Å². The zero-order valence-electron chi connectivity index (χ0n) is 9.09. The summed E-state index contributed by atoms with van der Waals surface area (Å²) in [6, 6.07) is 5.53. The zero-order valence-corrected chi connectivity index (χ0v) is 9.09. The molecule has 0 spiro atoms. The summed E-state index contributed by atoms with van der Waals surface area (Å²) in [5.41, 5.74) is 1.75. The maximum Gasteiger partial charge on any atom is 0.187 e. The minimum atomic E-state index is 0.00600. The Balaban J connectivity index is 3.31. The van der Waals surface area contributed by atoms with Crippen LogP contribution in [-0.4, -0.2) is 7.11 Å². The number of rotatable bonds is 1. The Kier molecular flexibility index (Phi) is 2.81. The number of nitrogens with zero attached hydrogens (tertiary/aromatic N) is 1. The SMILES string of the molecule is [C-]#[N+]c1ccc(OC)c(C(C)(C)C)c1. The van der Waals surface area contributed by atoms with Crippen LogP contribution in [0.4, 0.5) is 5.69 Å². The van der Waals surface area contributed by atoms with E-state index in [-0.39, 0.29) is 5.41 Å². The van der Waals surface area contributed by atoms with E-state index in [2.05, 4.69) is 25.6 Å². The molecule has 0 N–H and O–H groups in total. The summed E-state index contributed by atoms with van der Waals surface area (Å²) < 4.78 is 5.27. The van der Waals surface area contributed by atoms with Crippen molar-refractivity contribution >= 4 is 5.69 Å². The van der Waals surface area contributed by atoms with E-state index in [1.165, 1.54) is 0 Å². The quantitative estimate of drug-likeness (QED) is 0.616. The van der Waals surface area contributed by atoms with E-state index in [4.69, 9.17) is 11.3 Å². The van der Waals surface area contributed by atoms with Crippen molar-refractivity contribution in [2.75, 3.05) is 7.11 Å². The first-order valence-electron chi connectivity index (χ1n) is 4.55. The molecule has 0 radical (unpaired) electrons. The second kappa shape index (κ2) is 3.71. The fraction of sp³-hybridized carbons (Fsp3) is 0.417. The molecule has 0 bridgehead atoms. The third-order valence-corrected chi connectivity index (χ3v) is 2.12. The number of benzene rings is 1. The van der Waals surface area contributed by atoms with E-state index >= 15 is 0 Å². The summed E-state index contributed by atoms with van der Waals surface area (Å²) in [4.78, 5) is 3.41. The summed E-state index contributed by atoms with van der Waals surface area (Å²) in [5, 5.41) is 0. The second-order valence-corrected chi connectivity index (χ2v) is 4.25. The first-order chi connectivity index (χ1) is 6.49. The van der Waals surface area contributed by atoms with Crippen molar-refractivity contribution in [1.82, 2.24) is 0 Å². The molecule has 0 aliphatic heterocycles. The summed E-state index contributed by atoms with van der Waals surface area (Å²) in [6.45, 7) is 13.3. The number of methoxy groups -OCH3 is 1. The Morgan fingerprint density at radius 3 is 2.36 bits per heavy atom. The molecule has 0 aliphatic carbocycles. The minimum absolute atomic E-state index is 0.00600. The third-order valence-electron chi connectivity index (χ3n) is 2.12.